The van der Waals surface area contributed by atoms with Crippen molar-refractivity contribution < 1.29 is 18.3 Å². The zero-order valence-corrected chi connectivity index (χ0v) is 15.4. The highest BCUT2D eigenvalue weighted by atomic mass is 19.4. The zero-order valence-electron chi connectivity index (χ0n) is 15.4. The van der Waals surface area contributed by atoms with Crippen molar-refractivity contribution in [3.8, 4) is 0 Å². The fourth-order valence-corrected chi connectivity index (χ4v) is 7.46. The van der Waals surface area contributed by atoms with Crippen LogP contribution in [0.2, 0.25) is 0 Å². The molecule has 7 atom stereocenters. The number of hydrogen-bond donors (Lipinski definition) is 1. The van der Waals surface area contributed by atoms with E-state index in [1.54, 1.807) is 5.57 Å². The van der Waals surface area contributed by atoms with E-state index in [9.17, 15) is 18.3 Å². The lowest BCUT2D eigenvalue weighted by molar-refractivity contribution is -0.282. The second kappa shape index (κ2) is 5.74. The molecule has 4 heteroatoms. The maximum absolute atomic E-state index is 13.3. The van der Waals surface area contributed by atoms with Gasteiger partial charge in [-0.2, -0.15) is 13.2 Å². The molecule has 0 aromatic heterocycles. The SMILES string of the molecule is C/C=C1/CC[C@H]2[C@@H]3CC[C@H]4C[C@@](O)(C(F)(F)F)CC[C@@H]4[C@H]3CC[C@]12C. The first kappa shape index (κ1) is 17.9. The summed E-state index contributed by atoms with van der Waals surface area (Å²) in [6, 6.07) is 0. The Kier molecular flexibility index (Phi) is 4.11. The minimum absolute atomic E-state index is 0.0631. The zero-order chi connectivity index (χ0) is 18.0. The van der Waals surface area contributed by atoms with Crippen LogP contribution in [-0.2, 0) is 0 Å². The average molecular weight is 356 g/mol. The smallest absolute Gasteiger partial charge is 0.380 e. The van der Waals surface area contributed by atoms with Crippen molar-refractivity contribution in [3.63, 3.8) is 0 Å². The molecule has 0 aliphatic heterocycles. The lowest BCUT2D eigenvalue weighted by Crippen LogP contribution is -2.54. The first-order chi connectivity index (χ1) is 11.7. The number of allylic oxidation sites excluding steroid dienone is 2. The number of halogens is 3. The van der Waals surface area contributed by atoms with E-state index in [2.05, 4.69) is 19.9 Å². The summed E-state index contributed by atoms with van der Waals surface area (Å²) in [7, 11) is 0. The van der Waals surface area contributed by atoms with Crippen molar-refractivity contribution in [1.29, 1.82) is 0 Å². The van der Waals surface area contributed by atoms with Crippen LogP contribution in [-0.4, -0.2) is 16.9 Å². The van der Waals surface area contributed by atoms with Gasteiger partial charge in [0, 0.05) is 0 Å². The van der Waals surface area contributed by atoms with Gasteiger partial charge < -0.3 is 5.11 Å². The second-order valence-corrected chi connectivity index (χ2v) is 9.52. The maximum Gasteiger partial charge on any atom is 0.417 e. The number of hydrogen-bond acceptors (Lipinski definition) is 1. The van der Waals surface area contributed by atoms with Gasteiger partial charge in [0.25, 0.3) is 0 Å². The summed E-state index contributed by atoms with van der Waals surface area (Å²) in [4.78, 5) is 0. The van der Waals surface area contributed by atoms with E-state index < -0.39 is 11.8 Å². The summed E-state index contributed by atoms with van der Waals surface area (Å²) in [5, 5.41) is 10.2. The Morgan fingerprint density at radius 1 is 1.00 bits per heavy atom. The minimum Gasteiger partial charge on any atom is -0.380 e. The molecule has 0 saturated heterocycles. The molecule has 0 amide bonds. The van der Waals surface area contributed by atoms with Gasteiger partial charge in [-0.1, -0.05) is 18.6 Å². The van der Waals surface area contributed by atoms with E-state index in [4.69, 9.17) is 0 Å². The molecule has 25 heavy (non-hydrogen) atoms. The molecule has 0 bridgehead atoms. The van der Waals surface area contributed by atoms with Crippen LogP contribution < -0.4 is 0 Å². The van der Waals surface area contributed by atoms with E-state index in [0.29, 0.717) is 29.6 Å². The van der Waals surface area contributed by atoms with E-state index in [-0.39, 0.29) is 18.8 Å². The van der Waals surface area contributed by atoms with Crippen molar-refractivity contribution in [2.75, 3.05) is 0 Å². The third kappa shape index (κ3) is 2.53. The molecule has 4 rings (SSSR count). The summed E-state index contributed by atoms with van der Waals surface area (Å²) in [6.45, 7) is 4.59. The molecule has 0 radical (unpaired) electrons. The Morgan fingerprint density at radius 3 is 2.40 bits per heavy atom. The van der Waals surface area contributed by atoms with Gasteiger partial charge in [-0.15, -0.1) is 0 Å². The minimum atomic E-state index is -4.48. The molecular formula is C21H31F3O. The van der Waals surface area contributed by atoms with Crippen LogP contribution in [0, 0.1) is 35.0 Å². The normalized spacial score (nSPS) is 51.8. The van der Waals surface area contributed by atoms with Crippen molar-refractivity contribution in [3.05, 3.63) is 11.6 Å². The van der Waals surface area contributed by atoms with Gasteiger partial charge in [-0.3, -0.25) is 0 Å². The molecule has 4 fully saturated rings. The summed E-state index contributed by atoms with van der Waals surface area (Å²) in [5.74, 6) is 2.47. The van der Waals surface area contributed by atoms with Gasteiger partial charge in [-0.05, 0) is 99.7 Å². The predicted molar refractivity (Wildman–Crippen MR) is 91.9 cm³/mol. The number of alkyl halides is 3. The lowest BCUT2D eigenvalue weighted by Gasteiger charge is -2.56. The number of rotatable bonds is 0. The van der Waals surface area contributed by atoms with Crippen LogP contribution in [0.4, 0.5) is 13.2 Å². The molecule has 0 spiro atoms. The van der Waals surface area contributed by atoms with Crippen LogP contribution in [0.5, 0.6) is 0 Å². The molecule has 4 aliphatic rings. The Hall–Kier alpha value is -0.510. The summed E-state index contributed by atoms with van der Waals surface area (Å²) in [6.07, 6.45) is 5.02. The largest absolute Gasteiger partial charge is 0.417 e. The maximum atomic E-state index is 13.3. The molecule has 0 aromatic rings. The highest BCUT2D eigenvalue weighted by Crippen LogP contribution is 2.64. The van der Waals surface area contributed by atoms with Crippen LogP contribution in [0.3, 0.4) is 0 Å². The molecule has 0 heterocycles. The first-order valence-electron chi connectivity index (χ1n) is 10.1. The summed E-state index contributed by atoms with van der Waals surface area (Å²) < 4.78 is 39.8. The van der Waals surface area contributed by atoms with Gasteiger partial charge in [0.15, 0.2) is 5.60 Å². The van der Waals surface area contributed by atoms with Gasteiger partial charge in [0.2, 0.25) is 0 Å². The predicted octanol–water partition coefficient (Wildman–Crippen LogP) is 5.88. The molecule has 1 N–H and O–H groups in total. The van der Waals surface area contributed by atoms with Gasteiger partial charge >= 0.3 is 6.18 Å². The Bertz CT molecular complexity index is 568. The van der Waals surface area contributed by atoms with Gasteiger partial charge in [-0.25, -0.2) is 0 Å². The molecule has 0 unspecified atom stereocenters. The third-order valence-corrected chi connectivity index (χ3v) is 8.73. The Balaban J connectivity index is 1.54. The topological polar surface area (TPSA) is 20.2 Å². The molecule has 142 valence electrons. The molecule has 1 nitrogen and oxygen atoms in total. The van der Waals surface area contributed by atoms with Crippen LogP contribution in [0.1, 0.15) is 71.6 Å². The summed E-state index contributed by atoms with van der Waals surface area (Å²) in [5.41, 5.74) is -0.479. The second-order valence-electron chi connectivity index (χ2n) is 9.52. The fourth-order valence-electron chi connectivity index (χ4n) is 7.46. The van der Waals surface area contributed by atoms with Crippen molar-refractivity contribution in [1.82, 2.24) is 0 Å². The van der Waals surface area contributed by atoms with E-state index in [0.717, 1.165) is 18.8 Å². The van der Waals surface area contributed by atoms with Crippen LogP contribution in [0.15, 0.2) is 11.6 Å². The standard InChI is InChI=1S/C21H31F3O/c1-3-14-5-7-18-17-6-4-13-12-20(25,21(22,23)24)11-9-15(13)16(17)8-10-19(14,18)2/h3,13,15-18,25H,4-12H2,1-2H3/b14-3-/t13-,15-,16+,17+,18-,19+,20+/m0/s1. The van der Waals surface area contributed by atoms with E-state index >= 15 is 0 Å². The number of fused-ring (bicyclic) bond motifs is 5. The van der Waals surface area contributed by atoms with Gasteiger partial charge in [0.05, 0.1) is 0 Å². The summed E-state index contributed by atoms with van der Waals surface area (Å²) >= 11 is 0. The van der Waals surface area contributed by atoms with Crippen molar-refractivity contribution in [2.45, 2.75) is 83.4 Å². The highest BCUT2D eigenvalue weighted by Gasteiger charge is 2.61. The van der Waals surface area contributed by atoms with E-state index in [1.807, 2.05) is 0 Å². The third-order valence-electron chi connectivity index (χ3n) is 8.73. The van der Waals surface area contributed by atoms with Crippen molar-refractivity contribution >= 4 is 0 Å². The molecular weight excluding hydrogens is 325 g/mol. The molecule has 0 aromatic carbocycles. The monoisotopic (exact) mass is 356 g/mol. The molecule has 4 saturated carbocycles. The Labute approximate surface area is 149 Å². The van der Waals surface area contributed by atoms with Crippen molar-refractivity contribution in [2.24, 2.45) is 35.0 Å². The van der Waals surface area contributed by atoms with Gasteiger partial charge in [0.1, 0.15) is 0 Å². The van der Waals surface area contributed by atoms with E-state index in [1.165, 1.54) is 25.7 Å². The quantitative estimate of drug-likeness (QED) is 0.538. The number of aliphatic hydroxyl groups is 1. The average Bonchev–Trinajstić information content (AvgIpc) is 2.89. The Morgan fingerprint density at radius 2 is 1.72 bits per heavy atom. The van der Waals surface area contributed by atoms with Crippen LogP contribution >= 0.6 is 0 Å². The lowest BCUT2D eigenvalue weighted by atomic mass is 9.49. The van der Waals surface area contributed by atoms with Crippen LogP contribution in [0.25, 0.3) is 0 Å². The fraction of sp³-hybridized carbons (Fsp3) is 0.905. The highest BCUT2D eigenvalue weighted by molar-refractivity contribution is 5.23. The first-order valence-corrected chi connectivity index (χ1v) is 10.1. The molecule has 4 aliphatic carbocycles.